The number of rotatable bonds is 1. The second-order valence-electron chi connectivity index (χ2n) is 3.15. The molecule has 1 aromatic carbocycles. The molecule has 0 radical (unpaired) electrons. The summed E-state index contributed by atoms with van der Waals surface area (Å²) in [5.74, 6) is -0.554. The molecule has 2 N–H and O–H groups in total. The Morgan fingerprint density at radius 2 is 2.00 bits per heavy atom. The van der Waals surface area contributed by atoms with E-state index in [1.165, 1.54) is 6.07 Å². The summed E-state index contributed by atoms with van der Waals surface area (Å²) in [5, 5.41) is 8.61. The van der Waals surface area contributed by atoms with Crippen LogP contribution in [0.3, 0.4) is 0 Å². The van der Waals surface area contributed by atoms with Crippen LogP contribution in [0.25, 0.3) is 0 Å². The summed E-state index contributed by atoms with van der Waals surface area (Å²) < 4.78 is 37.5. The first-order valence-corrected chi connectivity index (χ1v) is 4.19. The Bertz CT molecular complexity index is 486. The normalized spacial score (nSPS) is 10.9. The van der Waals surface area contributed by atoms with E-state index < -0.39 is 23.2 Å². The first-order valence-electron chi connectivity index (χ1n) is 4.19. The number of Topliss-reactive ketones (excluding diaryl/α,β-unsaturated/α-hetero) is 1. The Balaban J connectivity index is 3.56. The van der Waals surface area contributed by atoms with Gasteiger partial charge >= 0.3 is 6.18 Å². The van der Waals surface area contributed by atoms with Gasteiger partial charge in [0.05, 0.1) is 16.8 Å². The molecule has 84 valence electrons. The van der Waals surface area contributed by atoms with E-state index in [1.807, 2.05) is 0 Å². The number of nitriles is 1. The van der Waals surface area contributed by atoms with Gasteiger partial charge in [0.2, 0.25) is 0 Å². The van der Waals surface area contributed by atoms with Gasteiger partial charge in [0, 0.05) is 5.56 Å². The predicted octanol–water partition coefficient (Wildman–Crippen LogP) is 2.36. The molecule has 0 amide bonds. The molecule has 16 heavy (non-hydrogen) atoms. The predicted molar refractivity (Wildman–Crippen MR) is 50.6 cm³/mol. The highest BCUT2D eigenvalue weighted by Crippen LogP contribution is 2.35. The fraction of sp³-hybridized carbons (Fsp3) is 0.200. The molecule has 0 aliphatic carbocycles. The second kappa shape index (κ2) is 3.85. The molecule has 0 spiro atoms. The lowest BCUT2D eigenvalue weighted by atomic mass is 10.0. The van der Waals surface area contributed by atoms with Gasteiger partial charge in [-0.15, -0.1) is 0 Å². The summed E-state index contributed by atoms with van der Waals surface area (Å²) in [6, 6.07) is 3.23. The van der Waals surface area contributed by atoms with Crippen LogP contribution in [0.15, 0.2) is 12.1 Å². The van der Waals surface area contributed by atoms with E-state index in [0.717, 1.165) is 13.0 Å². The fourth-order valence-electron chi connectivity index (χ4n) is 1.18. The zero-order valence-corrected chi connectivity index (χ0v) is 8.22. The van der Waals surface area contributed by atoms with Crippen molar-refractivity contribution in [2.24, 2.45) is 0 Å². The standard InChI is InChI=1S/C10H7F3N2O/c1-5(16)6-2-7(4-14)9(15)8(3-6)10(11,12)13/h2-3H,15H2,1H3. The number of hydrogen-bond acceptors (Lipinski definition) is 3. The number of halogens is 3. The van der Waals surface area contributed by atoms with Crippen LogP contribution in [0.1, 0.15) is 28.4 Å². The maximum absolute atomic E-state index is 12.5. The van der Waals surface area contributed by atoms with Crippen molar-refractivity contribution < 1.29 is 18.0 Å². The lowest BCUT2D eigenvalue weighted by Crippen LogP contribution is -2.12. The van der Waals surface area contributed by atoms with Crippen LogP contribution in [-0.4, -0.2) is 5.78 Å². The molecule has 0 heterocycles. The van der Waals surface area contributed by atoms with Crippen molar-refractivity contribution in [3.8, 4) is 6.07 Å². The van der Waals surface area contributed by atoms with Crippen molar-refractivity contribution in [3.05, 3.63) is 28.8 Å². The van der Waals surface area contributed by atoms with Gasteiger partial charge in [0.1, 0.15) is 6.07 Å². The molecule has 0 saturated carbocycles. The van der Waals surface area contributed by atoms with Crippen molar-refractivity contribution in [2.75, 3.05) is 5.73 Å². The number of carbonyl (C=O) groups excluding carboxylic acids is 1. The Hall–Kier alpha value is -2.03. The van der Waals surface area contributed by atoms with E-state index in [-0.39, 0.29) is 11.1 Å². The largest absolute Gasteiger partial charge is 0.418 e. The Morgan fingerprint density at radius 3 is 2.38 bits per heavy atom. The smallest absolute Gasteiger partial charge is 0.397 e. The molecule has 0 aromatic heterocycles. The quantitative estimate of drug-likeness (QED) is 0.592. The van der Waals surface area contributed by atoms with Crippen molar-refractivity contribution in [2.45, 2.75) is 13.1 Å². The zero-order chi connectivity index (χ0) is 12.5. The molecule has 0 atom stereocenters. The molecule has 0 saturated heterocycles. The number of nitrogens with two attached hydrogens (primary N) is 1. The monoisotopic (exact) mass is 228 g/mol. The minimum atomic E-state index is -4.68. The highest BCUT2D eigenvalue weighted by atomic mass is 19.4. The topological polar surface area (TPSA) is 66.9 Å². The molecular formula is C10H7F3N2O. The lowest BCUT2D eigenvalue weighted by Gasteiger charge is -2.12. The third-order valence-corrected chi connectivity index (χ3v) is 2.01. The Morgan fingerprint density at radius 1 is 1.44 bits per heavy atom. The molecule has 0 fully saturated rings. The number of alkyl halides is 3. The number of nitrogen functional groups attached to an aromatic ring is 1. The third kappa shape index (κ3) is 2.14. The van der Waals surface area contributed by atoms with Gasteiger partial charge in [-0.2, -0.15) is 18.4 Å². The van der Waals surface area contributed by atoms with Crippen LogP contribution in [0.2, 0.25) is 0 Å². The van der Waals surface area contributed by atoms with Gasteiger partial charge < -0.3 is 5.73 Å². The summed E-state index contributed by atoms with van der Waals surface area (Å²) in [4.78, 5) is 11.0. The SMILES string of the molecule is CC(=O)c1cc(C#N)c(N)c(C(F)(F)F)c1. The number of ketones is 1. The minimum absolute atomic E-state index is 0.182. The number of benzene rings is 1. The van der Waals surface area contributed by atoms with Gasteiger partial charge in [-0.25, -0.2) is 0 Å². The Kier molecular flexibility index (Phi) is 2.90. The molecule has 1 aromatic rings. The van der Waals surface area contributed by atoms with E-state index in [0.29, 0.717) is 6.07 Å². The van der Waals surface area contributed by atoms with Gasteiger partial charge in [-0.1, -0.05) is 0 Å². The maximum atomic E-state index is 12.5. The summed E-state index contributed by atoms with van der Waals surface area (Å²) >= 11 is 0. The average Bonchev–Trinajstić information content (AvgIpc) is 2.15. The van der Waals surface area contributed by atoms with Gasteiger partial charge in [-0.05, 0) is 19.1 Å². The summed E-state index contributed by atoms with van der Waals surface area (Å²) in [5.41, 5.74) is 2.86. The van der Waals surface area contributed by atoms with Crippen LogP contribution in [-0.2, 0) is 6.18 Å². The fourth-order valence-corrected chi connectivity index (χ4v) is 1.18. The van der Waals surface area contributed by atoms with Crippen LogP contribution in [0.4, 0.5) is 18.9 Å². The Labute approximate surface area is 89.3 Å². The van der Waals surface area contributed by atoms with E-state index in [2.05, 4.69) is 0 Å². The second-order valence-corrected chi connectivity index (χ2v) is 3.15. The first kappa shape index (κ1) is 12.0. The van der Waals surface area contributed by atoms with Crippen LogP contribution in [0, 0.1) is 11.3 Å². The van der Waals surface area contributed by atoms with Crippen LogP contribution < -0.4 is 5.73 Å². The highest BCUT2D eigenvalue weighted by Gasteiger charge is 2.34. The molecule has 0 aliphatic heterocycles. The molecule has 3 nitrogen and oxygen atoms in total. The number of anilines is 1. The summed E-state index contributed by atoms with van der Waals surface area (Å²) in [6.45, 7) is 1.12. The van der Waals surface area contributed by atoms with E-state index in [1.54, 1.807) is 0 Å². The molecule has 6 heteroatoms. The third-order valence-electron chi connectivity index (χ3n) is 2.01. The molecule has 0 aliphatic rings. The maximum Gasteiger partial charge on any atom is 0.418 e. The number of carbonyl (C=O) groups is 1. The van der Waals surface area contributed by atoms with Crippen LogP contribution in [0.5, 0.6) is 0 Å². The molecule has 1 rings (SSSR count). The van der Waals surface area contributed by atoms with Crippen LogP contribution >= 0.6 is 0 Å². The molecular weight excluding hydrogens is 221 g/mol. The van der Waals surface area contributed by atoms with Crippen molar-refractivity contribution in [1.82, 2.24) is 0 Å². The number of hydrogen-bond donors (Lipinski definition) is 1. The minimum Gasteiger partial charge on any atom is -0.397 e. The van der Waals surface area contributed by atoms with Crippen molar-refractivity contribution in [3.63, 3.8) is 0 Å². The lowest BCUT2D eigenvalue weighted by molar-refractivity contribution is -0.136. The van der Waals surface area contributed by atoms with E-state index in [4.69, 9.17) is 11.0 Å². The first-order chi connectivity index (χ1) is 7.27. The van der Waals surface area contributed by atoms with Gasteiger partial charge in [0.15, 0.2) is 5.78 Å². The van der Waals surface area contributed by atoms with E-state index >= 15 is 0 Å². The number of nitrogens with zero attached hydrogens (tertiary/aromatic N) is 1. The van der Waals surface area contributed by atoms with Gasteiger partial charge in [0.25, 0.3) is 0 Å². The van der Waals surface area contributed by atoms with Crippen molar-refractivity contribution >= 4 is 11.5 Å². The summed E-state index contributed by atoms with van der Waals surface area (Å²) in [6.07, 6.45) is -4.68. The average molecular weight is 228 g/mol. The van der Waals surface area contributed by atoms with Gasteiger partial charge in [-0.3, -0.25) is 4.79 Å². The molecule has 0 unspecified atom stereocenters. The van der Waals surface area contributed by atoms with E-state index in [9.17, 15) is 18.0 Å². The zero-order valence-electron chi connectivity index (χ0n) is 8.22. The summed E-state index contributed by atoms with van der Waals surface area (Å²) in [7, 11) is 0. The van der Waals surface area contributed by atoms with Crippen molar-refractivity contribution in [1.29, 1.82) is 5.26 Å². The molecule has 0 bridgehead atoms. The highest BCUT2D eigenvalue weighted by molar-refractivity contribution is 5.95.